The van der Waals surface area contributed by atoms with Gasteiger partial charge in [0.25, 0.3) is 0 Å². The zero-order valence-corrected chi connectivity index (χ0v) is 20.8. The molecule has 0 bridgehead atoms. The summed E-state index contributed by atoms with van der Waals surface area (Å²) in [6.45, 7) is 5.46. The molecule has 1 atom stereocenters. The first-order valence-corrected chi connectivity index (χ1v) is 11.6. The van der Waals surface area contributed by atoms with Gasteiger partial charge in [-0.1, -0.05) is 42.5 Å². The van der Waals surface area contributed by atoms with Crippen molar-refractivity contribution in [2.75, 3.05) is 6.61 Å². The van der Waals surface area contributed by atoms with Crippen LogP contribution >= 0.6 is 0 Å². The zero-order valence-electron chi connectivity index (χ0n) is 20.8. The van der Waals surface area contributed by atoms with Crippen molar-refractivity contribution in [3.8, 4) is 5.75 Å². The first-order valence-electron chi connectivity index (χ1n) is 11.6. The predicted molar refractivity (Wildman–Crippen MR) is 134 cm³/mol. The summed E-state index contributed by atoms with van der Waals surface area (Å²) in [5.41, 5.74) is 6.16. The minimum atomic E-state index is -0.952. The maximum atomic E-state index is 12.6. The van der Waals surface area contributed by atoms with Crippen LogP contribution in [0.3, 0.4) is 0 Å². The minimum absolute atomic E-state index is 0.0764. The monoisotopic (exact) mass is 498 g/mol. The summed E-state index contributed by atoms with van der Waals surface area (Å²) in [4.78, 5) is 36.6. The molecule has 5 N–H and O–H groups in total. The van der Waals surface area contributed by atoms with Crippen LogP contribution in [0.1, 0.15) is 44.7 Å². The molecule has 0 aliphatic heterocycles. The van der Waals surface area contributed by atoms with Gasteiger partial charge in [-0.2, -0.15) is 0 Å². The van der Waals surface area contributed by atoms with Gasteiger partial charge in [-0.25, -0.2) is 9.59 Å². The number of amides is 2. The van der Waals surface area contributed by atoms with Crippen LogP contribution < -0.4 is 21.1 Å². The van der Waals surface area contributed by atoms with Crippen LogP contribution in [0.5, 0.6) is 5.75 Å². The summed E-state index contributed by atoms with van der Waals surface area (Å²) in [6, 6.07) is 15.4. The highest BCUT2D eigenvalue weighted by molar-refractivity contribution is 5.94. The lowest BCUT2D eigenvalue weighted by Gasteiger charge is -2.24. The molecule has 10 nitrogen and oxygen atoms in total. The van der Waals surface area contributed by atoms with Crippen molar-refractivity contribution in [2.24, 2.45) is 5.73 Å². The number of ether oxygens (including phenoxy) is 3. The van der Waals surface area contributed by atoms with E-state index in [1.165, 1.54) is 0 Å². The van der Waals surface area contributed by atoms with Gasteiger partial charge in [-0.05, 0) is 50.5 Å². The van der Waals surface area contributed by atoms with E-state index in [0.29, 0.717) is 12.2 Å². The molecule has 0 saturated carbocycles. The summed E-state index contributed by atoms with van der Waals surface area (Å²) in [7, 11) is 0. The van der Waals surface area contributed by atoms with E-state index in [2.05, 4.69) is 10.6 Å². The van der Waals surface area contributed by atoms with Crippen molar-refractivity contribution in [3.63, 3.8) is 0 Å². The number of nitrogens with two attached hydrogens (primary N) is 1. The Kier molecular flexibility index (Phi) is 10.7. The molecule has 2 amide bonds. The lowest BCUT2D eigenvalue weighted by atomic mass is 10.1. The molecule has 194 valence electrons. The van der Waals surface area contributed by atoms with E-state index >= 15 is 0 Å². The Morgan fingerprint density at radius 1 is 1.00 bits per heavy atom. The van der Waals surface area contributed by atoms with Crippen LogP contribution in [-0.4, -0.2) is 42.2 Å². The fraction of sp³-hybridized carbons (Fsp3) is 0.385. The molecule has 0 aliphatic rings. The SMILES string of the molecule is CC(C)(C)OC(=O)[C@H](CCOc1ccc(CCC(=O)NC(=N)N)cc1)NC(=O)OCc1ccccc1. The summed E-state index contributed by atoms with van der Waals surface area (Å²) in [5, 5.41) is 11.9. The third kappa shape index (κ3) is 11.4. The molecule has 0 aliphatic carbocycles. The van der Waals surface area contributed by atoms with Gasteiger partial charge in [-0.3, -0.25) is 15.5 Å². The molecule has 0 spiro atoms. The second-order valence-electron chi connectivity index (χ2n) is 9.04. The Labute approximate surface area is 211 Å². The van der Waals surface area contributed by atoms with Crippen molar-refractivity contribution in [1.82, 2.24) is 10.6 Å². The van der Waals surface area contributed by atoms with Crippen LogP contribution in [0.25, 0.3) is 0 Å². The summed E-state index contributed by atoms with van der Waals surface area (Å²) in [6.07, 6.45) is 0.119. The summed E-state index contributed by atoms with van der Waals surface area (Å²) >= 11 is 0. The number of hydrogen-bond acceptors (Lipinski definition) is 7. The molecule has 2 aromatic rings. The third-order valence-corrected chi connectivity index (χ3v) is 4.71. The number of rotatable bonds is 11. The van der Waals surface area contributed by atoms with Crippen molar-refractivity contribution in [1.29, 1.82) is 5.41 Å². The number of aryl methyl sites for hydroxylation is 1. The van der Waals surface area contributed by atoms with Gasteiger partial charge < -0.3 is 25.3 Å². The number of esters is 1. The fourth-order valence-electron chi connectivity index (χ4n) is 3.05. The Morgan fingerprint density at radius 3 is 2.28 bits per heavy atom. The van der Waals surface area contributed by atoms with Gasteiger partial charge in [0.05, 0.1) is 6.61 Å². The highest BCUT2D eigenvalue weighted by Gasteiger charge is 2.27. The Balaban J connectivity index is 1.87. The van der Waals surface area contributed by atoms with E-state index in [9.17, 15) is 14.4 Å². The molecule has 10 heteroatoms. The number of benzene rings is 2. The number of nitrogens with one attached hydrogen (secondary N) is 3. The molecule has 2 rings (SSSR count). The van der Waals surface area contributed by atoms with Gasteiger partial charge in [0, 0.05) is 12.8 Å². The first-order chi connectivity index (χ1) is 17.0. The molecular weight excluding hydrogens is 464 g/mol. The molecule has 0 radical (unpaired) electrons. The van der Waals surface area contributed by atoms with E-state index < -0.39 is 23.7 Å². The highest BCUT2D eigenvalue weighted by atomic mass is 16.6. The second kappa shape index (κ2) is 13.7. The number of carbonyl (C=O) groups is 3. The Bertz CT molecular complexity index is 1020. The molecule has 0 aromatic heterocycles. The lowest BCUT2D eigenvalue weighted by Crippen LogP contribution is -2.45. The average molecular weight is 499 g/mol. The van der Waals surface area contributed by atoms with Crippen LogP contribution in [0.15, 0.2) is 54.6 Å². The fourth-order valence-corrected chi connectivity index (χ4v) is 3.05. The zero-order chi connectivity index (χ0) is 26.6. The normalized spacial score (nSPS) is 11.6. The average Bonchev–Trinajstić information content (AvgIpc) is 2.80. The Morgan fingerprint density at radius 2 is 1.67 bits per heavy atom. The highest BCUT2D eigenvalue weighted by Crippen LogP contribution is 2.15. The maximum Gasteiger partial charge on any atom is 0.408 e. The molecule has 0 heterocycles. The van der Waals surface area contributed by atoms with Gasteiger partial charge in [-0.15, -0.1) is 0 Å². The van der Waals surface area contributed by atoms with Gasteiger partial charge in [0.15, 0.2) is 5.96 Å². The number of guanidine groups is 1. The quantitative estimate of drug-likeness (QED) is 0.211. The van der Waals surface area contributed by atoms with Crippen LogP contribution in [0.4, 0.5) is 4.79 Å². The van der Waals surface area contributed by atoms with Crippen molar-refractivity contribution in [3.05, 3.63) is 65.7 Å². The lowest BCUT2D eigenvalue weighted by molar-refractivity contribution is -0.157. The van der Waals surface area contributed by atoms with Gasteiger partial charge >= 0.3 is 12.1 Å². The van der Waals surface area contributed by atoms with Crippen molar-refractivity contribution >= 4 is 23.9 Å². The van der Waals surface area contributed by atoms with Crippen LogP contribution in [0.2, 0.25) is 0 Å². The van der Waals surface area contributed by atoms with E-state index in [-0.39, 0.29) is 37.9 Å². The van der Waals surface area contributed by atoms with Crippen molar-refractivity contribution in [2.45, 2.75) is 58.3 Å². The molecule has 36 heavy (non-hydrogen) atoms. The van der Waals surface area contributed by atoms with E-state index in [4.69, 9.17) is 25.4 Å². The second-order valence-corrected chi connectivity index (χ2v) is 9.04. The largest absolute Gasteiger partial charge is 0.494 e. The van der Waals surface area contributed by atoms with E-state index in [0.717, 1.165) is 11.1 Å². The maximum absolute atomic E-state index is 12.6. The smallest absolute Gasteiger partial charge is 0.408 e. The van der Waals surface area contributed by atoms with Gasteiger partial charge in [0.1, 0.15) is 24.0 Å². The summed E-state index contributed by atoms with van der Waals surface area (Å²) in [5.74, 6) is -0.721. The van der Waals surface area contributed by atoms with Crippen molar-refractivity contribution < 1.29 is 28.6 Å². The van der Waals surface area contributed by atoms with E-state index in [1.807, 2.05) is 42.5 Å². The topological polar surface area (TPSA) is 153 Å². The minimum Gasteiger partial charge on any atom is -0.494 e. The number of alkyl carbamates (subject to hydrolysis) is 1. The van der Waals surface area contributed by atoms with E-state index in [1.54, 1.807) is 32.9 Å². The third-order valence-electron chi connectivity index (χ3n) is 4.71. The molecule has 0 unspecified atom stereocenters. The van der Waals surface area contributed by atoms with Gasteiger partial charge in [0.2, 0.25) is 5.91 Å². The number of hydrogen-bond donors (Lipinski definition) is 4. The first kappa shape index (κ1) is 28.2. The predicted octanol–water partition coefficient (Wildman–Crippen LogP) is 3.03. The standard InChI is InChI=1S/C26H34N4O6/c1-26(2,3)36-23(32)21(29-25(33)35-17-19-7-5-4-6-8-19)15-16-34-20-12-9-18(10-13-20)11-14-22(31)30-24(27)28/h4-10,12-13,21H,11,14-17H2,1-3H3,(H,29,33)(H4,27,28,30,31)/t21-/m0/s1. The Hall–Kier alpha value is -4.08. The molecule has 0 fully saturated rings. The summed E-state index contributed by atoms with van der Waals surface area (Å²) < 4.78 is 16.4. The molecular formula is C26H34N4O6. The van der Waals surface area contributed by atoms with Crippen LogP contribution in [0, 0.1) is 5.41 Å². The molecule has 2 aromatic carbocycles. The molecule has 0 saturated heterocycles. The number of carbonyl (C=O) groups excluding carboxylic acids is 3. The van der Waals surface area contributed by atoms with Crippen LogP contribution in [-0.2, 0) is 32.1 Å².